The van der Waals surface area contributed by atoms with Crippen LogP contribution >= 0.6 is 0 Å². The van der Waals surface area contributed by atoms with Crippen LogP contribution in [-0.2, 0) is 0 Å². The minimum Gasteiger partial charge on any atom is -0.396 e. The van der Waals surface area contributed by atoms with Gasteiger partial charge in [-0.3, -0.25) is 0 Å². The van der Waals surface area contributed by atoms with Crippen molar-refractivity contribution in [1.82, 2.24) is 4.98 Å². The first-order valence-corrected chi connectivity index (χ1v) is 6.13. The number of nitrogens with zero attached hydrogens (tertiary/aromatic N) is 1. The molecule has 0 saturated carbocycles. The summed E-state index contributed by atoms with van der Waals surface area (Å²) < 4.78 is 0. The number of nitrogens with one attached hydrogen (secondary N) is 1. The molecule has 0 spiro atoms. The number of nitrogens with two attached hydrogens (primary N) is 1. The molecule has 0 unspecified atom stereocenters. The summed E-state index contributed by atoms with van der Waals surface area (Å²) >= 11 is 0. The fourth-order valence-corrected chi connectivity index (χ4v) is 1.79. The van der Waals surface area contributed by atoms with Crippen LogP contribution in [0.3, 0.4) is 0 Å². The van der Waals surface area contributed by atoms with Gasteiger partial charge in [0.1, 0.15) is 5.82 Å². The molecule has 96 valence electrons. The van der Waals surface area contributed by atoms with Gasteiger partial charge >= 0.3 is 0 Å². The van der Waals surface area contributed by atoms with Gasteiger partial charge in [-0.25, -0.2) is 4.98 Å². The molecule has 4 nitrogen and oxygen atoms in total. The number of pyridine rings is 1. The van der Waals surface area contributed by atoms with Crippen LogP contribution in [0.5, 0.6) is 0 Å². The van der Waals surface area contributed by atoms with Gasteiger partial charge in [-0.2, -0.15) is 0 Å². The van der Waals surface area contributed by atoms with Crippen LogP contribution in [-0.4, -0.2) is 23.2 Å². The number of aromatic nitrogens is 1. The SMILES string of the molecule is CCC(CC)(CO)CNc1ncc(C)cc1N. The highest BCUT2D eigenvalue weighted by Gasteiger charge is 2.25. The van der Waals surface area contributed by atoms with Crippen LogP contribution in [0.4, 0.5) is 11.5 Å². The van der Waals surface area contributed by atoms with E-state index in [2.05, 4.69) is 24.1 Å². The molecule has 4 heteroatoms. The predicted molar refractivity (Wildman–Crippen MR) is 72.0 cm³/mol. The number of aliphatic hydroxyl groups excluding tert-OH is 1. The first kappa shape index (κ1) is 13.8. The third-order valence-electron chi connectivity index (χ3n) is 3.52. The van der Waals surface area contributed by atoms with Crippen molar-refractivity contribution in [3.05, 3.63) is 17.8 Å². The van der Waals surface area contributed by atoms with E-state index in [1.54, 1.807) is 6.20 Å². The summed E-state index contributed by atoms with van der Waals surface area (Å²) in [6, 6.07) is 1.90. The topological polar surface area (TPSA) is 71.2 Å². The molecule has 0 aromatic carbocycles. The minimum absolute atomic E-state index is 0.0843. The van der Waals surface area contributed by atoms with Gasteiger partial charge < -0.3 is 16.2 Å². The Hall–Kier alpha value is -1.29. The van der Waals surface area contributed by atoms with E-state index in [1.807, 2.05) is 13.0 Å². The Morgan fingerprint density at radius 3 is 2.53 bits per heavy atom. The van der Waals surface area contributed by atoms with E-state index in [1.165, 1.54) is 0 Å². The zero-order valence-corrected chi connectivity index (χ0v) is 11.0. The second-order valence-corrected chi connectivity index (χ2v) is 4.67. The minimum atomic E-state index is -0.0843. The zero-order valence-electron chi connectivity index (χ0n) is 11.0. The van der Waals surface area contributed by atoms with Crippen molar-refractivity contribution < 1.29 is 5.11 Å². The zero-order chi connectivity index (χ0) is 12.9. The summed E-state index contributed by atoms with van der Waals surface area (Å²) in [5.41, 5.74) is 7.51. The number of hydrogen-bond acceptors (Lipinski definition) is 4. The molecule has 0 aliphatic carbocycles. The van der Waals surface area contributed by atoms with E-state index in [4.69, 9.17) is 5.73 Å². The Morgan fingerprint density at radius 2 is 2.06 bits per heavy atom. The van der Waals surface area contributed by atoms with Gasteiger partial charge in [0.15, 0.2) is 0 Å². The van der Waals surface area contributed by atoms with Crippen LogP contribution in [0, 0.1) is 12.3 Å². The lowest BCUT2D eigenvalue weighted by atomic mass is 9.83. The van der Waals surface area contributed by atoms with Gasteiger partial charge in [0.25, 0.3) is 0 Å². The Morgan fingerprint density at radius 1 is 1.41 bits per heavy atom. The molecule has 0 atom stereocenters. The fourth-order valence-electron chi connectivity index (χ4n) is 1.79. The molecule has 0 bridgehead atoms. The van der Waals surface area contributed by atoms with Crippen LogP contribution in [0.15, 0.2) is 12.3 Å². The second kappa shape index (κ2) is 5.87. The number of nitrogen functional groups attached to an aromatic ring is 1. The van der Waals surface area contributed by atoms with Crippen LogP contribution in [0.25, 0.3) is 0 Å². The Bertz CT molecular complexity index is 353. The maximum Gasteiger partial charge on any atom is 0.149 e. The third kappa shape index (κ3) is 3.33. The van der Waals surface area contributed by atoms with Crippen molar-refractivity contribution in [3.8, 4) is 0 Å². The van der Waals surface area contributed by atoms with Gasteiger partial charge in [0.2, 0.25) is 0 Å². The van der Waals surface area contributed by atoms with Crippen LogP contribution in [0.2, 0.25) is 0 Å². The first-order chi connectivity index (χ1) is 8.06. The molecule has 0 fully saturated rings. The molecule has 1 aromatic rings. The van der Waals surface area contributed by atoms with Gasteiger partial charge in [0, 0.05) is 18.2 Å². The van der Waals surface area contributed by atoms with E-state index >= 15 is 0 Å². The molecule has 0 saturated heterocycles. The van der Waals surface area contributed by atoms with Gasteiger partial charge in [0.05, 0.1) is 12.3 Å². The van der Waals surface area contributed by atoms with Crippen molar-refractivity contribution in [1.29, 1.82) is 0 Å². The van der Waals surface area contributed by atoms with Crippen molar-refractivity contribution in [2.24, 2.45) is 5.41 Å². The highest BCUT2D eigenvalue weighted by Crippen LogP contribution is 2.27. The molecule has 1 heterocycles. The first-order valence-electron chi connectivity index (χ1n) is 6.13. The molecule has 1 rings (SSSR count). The molecular weight excluding hydrogens is 214 g/mol. The van der Waals surface area contributed by atoms with E-state index in [0.29, 0.717) is 18.1 Å². The van der Waals surface area contributed by atoms with E-state index in [-0.39, 0.29) is 12.0 Å². The van der Waals surface area contributed by atoms with Crippen molar-refractivity contribution in [3.63, 3.8) is 0 Å². The number of hydrogen-bond donors (Lipinski definition) is 3. The third-order valence-corrected chi connectivity index (χ3v) is 3.52. The average Bonchev–Trinajstić information content (AvgIpc) is 2.33. The second-order valence-electron chi connectivity index (χ2n) is 4.67. The lowest BCUT2D eigenvalue weighted by molar-refractivity contribution is 0.127. The van der Waals surface area contributed by atoms with E-state index < -0.39 is 0 Å². The molecule has 17 heavy (non-hydrogen) atoms. The maximum absolute atomic E-state index is 9.48. The molecule has 0 aliphatic rings. The summed E-state index contributed by atoms with van der Waals surface area (Å²) in [6.45, 7) is 7.01. The Balaban J connectivity index is 2.72. The number of aliphatic hydroxyl groups is 1. The number of aryl methyl sites for hydroxylation is 1. The van der Waals surface area contributed by atoms with Gasteiger partial charge in [-0.1, -0.05) is 13.8 Å². The molecule has 0 amide bonds. The molecular formula is C13H23N3O. The summed E-state index contributed by atoms with van der Waals surface area (Å²) in [7, 11) is 0. The van der Waals surface area contributed by atoms with E-state index in [0.717, 1.165) is 18.4 Å². The lowest BCUT2D eigenvalue weighted by Crippen LogP contribution is -2.32. The summed E-state index contributed by atoms with van der Waals surface area (Å²) in [6.07, 6.45) is 3.65. The lowest BCUT2D eigenvalue weighted by Gasteiger charge is -2.29. The molecule has 1 aromatic heterocycles. The maximum atomic E-state index is 9.48. The molecule has 0 aliphatic heterocycles. The van der Waals surface area contributed by atoms with E-state index in [9.17, 15) is 5.11 Å². The van der Waals surface area contributed by atoms with Gasteiger partial charge in [-0.15, -0.1) is 0 Å². The van der Waals surface area contributed by atoms with Crippen molar-refractivity contribution in [2.45, 2.75) is 33.6 Å². The standard InChI is InChI=1S/C13H23N3O/c1-4-13(5-2,9-17)8-16-12-11(14)6-10(3)7-15-12/h6-7,17H,4-5,8-9,14H2,1-3H3,(H,15,16). The highest BCUT2D eigenvalue weighted by molar-refractivity contribution is 5.61. The Labute approximate surface area is 103 Å². The van der Waals surface area contributed by atoms with Crippen LogP contribution in [0.1, 0.15) is 32.3 Å². The monoisotopic (exact) mass is 237 g/mol. The smallest absolute Gasteiger partial charge is 0.149 e. The predicted octanol–water partition coefficient (Wildman–Crippen LogP) is 2.18. The normalized spacial score (nSPS) is 11.5. The molecule has 4 N–H and O–H groups in total. The van der Waals surface area contributed by atoms with Gasteiger partial charge in [-0.05, 0) is 31.4 Å². The quantitative estimate of drug-likeness (QED) is 0.709. The average molecular weight is 237 g/mol. The number of anilines is 2. The summed E-state index contributed by atoms with van der Waals surface area (Å²) in [4.78, 5) is 4.27. The highest BCUT2D eigenvalue weighted by atomic mass is 16.3. The fraction of sp³-hybridized carbons (Fsp3) is 0.615. The summed E-state index contributed by atoms with van der Waals surface area (Å²) in [5.74, 6) is 0.704. The molecule has 0 radical (unpaired) electrons. The summed E-state index contributed by atoms with van der Waals surface area (Å²) in [5, 5.41) is 12.7. The van der Waals surface area contributed by atoms with Crippen LogP contribution < -0.4 is 11.1 Å². The van der Waals surface area contributed by atoms with Crippen molar-refractivity contribution >= 4 is 11.5 Å². The Kier molecular flexibility index (Phi) is 4.75. The van der Waals surface area contributed by atoms with Crippen molar-refractivity contribution in [2.75, 3.05) is 24.2 Å². The number of rotatable bonds is 6. The largest absolute Gasteiger partial charge is 0.396 e.